The van der Waals surface area contributed by atoms with Gasteiger partial charge in [-0.3, -0.25) is 4.98 Å². The van der Waals surface area contributed by atoms with Gasteiger partial charge in [-0.05, 0) is 53.0 Å². The maximum Gasteiger partial charge on any atom is 0.0795 e. The number of pyridine rings is 1. The van der Waals surface area contributed by atoms with Crippen LogP contribution in [0.2, 0.25) is 0 Å². The van der Waals surface area contributed by atoms with Gasteiger partial charge in [0.2, 0.25) is 0 Å². The summed E-state index contributed by atoms with van der Waals surface area (Å²) in [5.41, 5.74) is 5.83. The first kappa shape index (κ1) is 16.9. The van der Waals surface area contributed by atoms with E-state index in [0.29, 0.717) is 0 Å². The summed E-state index contributed by atoms with van der Waals surface area (Å²) in [7, 11) is 0. The molecule has 0 unspecified atom stereocenters. The third kappa shape index (κ3) is 2.54. The summed E-state index contributed by atoms with van der Waals surface area (Å²) in [5, 5.41) is 2.68. The lowest BCUT2D eigenvalue weighted by atomic mass is 9.63. The first-order chi connectivity index (χ1) is 12.9. The van der Waals surface area contributed by atoms with Gasteiger partial charge < -0.3 is 0 Å². The number of rotatable bonds is 1. The molecule has 2 aromatic carbocycles. The highest BCUT2D eigenvalue weighted by Crippen LogP contribution is 2.49. The first-order valence-corrected chi connectivity index (χ1v) is 10.6. The molecule has 4 aromatic rings. The Kier molecular flexibility index (Phi) is 3.55. The molecule has 27 heavy (non-hydrogen) atoms. The zero-order valence-electron chi connectivity index (χ0n) is 16.5. The van der Waals surface area contributed by atoms with E-state index in [2.05, 4.69) is 76.2 Å². The second-order valence-electron chi connectivity index (χ2n) is 9.16. The Morgan fingerprint density at radius 3 is 2.19 bits per heavy atom. The maximum atomic E-state index is 4.78. The SMILES string of the molecule is CC1(C)CCC(C)(C)c2cc3c(cc21)sc1ccnc(-c2ccccc2)c13. The van der Waals surface area contributed by atoms with E-state index in [4.69, 9.17) is 4.98 Å². The molecule has 0 radical (unpaired) electrons. The number of hydrogen-bond donors (Lipinski definition) is 0. The number of hydrogen-bond acceptors (Lipinski definition) is 2. The van der Waals surface area contributed by atoms with Gasteiger partial charge in [0.1, 0.15) is 0 Å². The van der Waals surface area contributed by atoms with E-state index in [1.165, 1.54) is 49.7 Å². The van der Waals surface area contributed by atoms with Crippen LogP contribution < -0.4 is 0 Å². The molecule has 0 spiro atoms. The Labute approximate surface area is 165 Å². The summed E-state index contributed by atoms with van der Waals surface area (Å²) in [6.07, 6.45) is 4.44. The number of thiophene rings is 1. The first-order valence-electron chi connectivity index (χ1n) is 9.78. The zero-order valence-corrected chi connectivity index (χ0v) is 17.3. The molecule has 136 valence electrons. The highest BCUT2D eigenvalue weighted by Gasteiger charge is 2.37. The molecule has 0 N–H and O–H groups in total. The van der Waals surface area contributed by atoms with Crippen LogP contribution in [0.15, 0.2) is 54.7 Å². The quantitative estimate of drug-likeness (QED) is 0.338. The van der Waals surface area contributed by atoms with Gasteiger partial charge in [-0.15, -0.1) is 11.3 Å². The van der Waals surface area contributed by atoms with Crippen LogP contribution in [0.1, 0.15) is 51.7 Å². The third-order valence-electron chi connectivity index (χ3n) is 6.40. The molecule has 1 aliphatic carbocycles. The van der Waals surface area contributed by atoms with Crippen LogP contribution in [-0.4, -0.2) is 4.98 Å². The molecule has 2 heterocycles. The van der Waals surface area contributed by atoms with Crippen LogP contribution in [0.5, 0.6) is 0 Å². The fourth-order valence-electron chi connectivity index (χ4n) is 4.60. The summed E-state index contributed by atoms with van der Waals surface area (Å²) in [4.78, 5) is 4.78. The Hall–Kier alpha value is -2.19. The maximum absolute atomic E-state index is 4.78. The molecule has 2 heteroatoms. The molecule has 0 bridgehead atoms. The predicted octanol–water partition coefficient (Wildman–Crippen LogP) is 7.47. The normalized spacial score (nSPS) is 17.9. The van der Waals surface area contributed by atoms with Gasteiger partial charge in [0.05, 0.1) is 5.69 Å². The second-order valence-corrected chi connectivity index (χ2v) is 10.2. The molecule has 0 aliphatic heterocycles. The van der Waals surface area contributed by atoms with Gasteiger partial charge in [-0.25, -0.2) is 0 Å². The van der Waals surface area contributed by atoms with Gasteiger partial charge in [0, 0.05) is 31.9 Å². The number of benzene rings is 2. The predicted molar refractivity (Wildman–Crippen MR) is 118 cm³/mol. The van der Waals surface area contributed by atoms with Crippen molar-refractivity contribution in [1.82, 2.24) is 4.98 Å². The minimum Gasteiger partial charge on any atom is -0.256 e. The van der Waals surface area contributed by atoms with E-state index in [1.807, 2.05) is 17.5 Å². The van der Waals surface area contributed by atoms with Crippen LogP contribution in [0.3, 0.4) is 0 Å². The van der Waals surface area contributed by atoms with Gasteiger partial charge >= 0.3 is 0 Å². The minimum atomic E-state index is 0.225. The van der Waals surface area contributed by atoms with Gasteiger partial charge in [-0.2, -0.15) is 0 Å². The average Bonchev–Trinajstić information content (AvgIpc) is 3.03. The molecule has 5 rings (SSSR count). The average molecular weight is 372 g/mol. The van der Waals surface area contributed by atoms with Gasteiger partial charge in [0.25, 0.3) is 0 Å². The minimum absolute atomic E-state index is 0.225. The summed E-state index contributed by atoms with van der Waals surface area (Å²) < 4.78 is 2.72. The molecule has 1 aliphatic rings. The van der Waals surface area contributed by atoms with E-state index in [0.717, 1.165) is 5.69 Å². The second kappa shape index (κ2) is 5.65. The molecular formula is C25H25NS. The molecule has 0 atom stereocenters. The van der Waals surface area contributed by atoms with Crippen LogP contribution in [0.25, 0.3) is 31.4 Å². The van der Waals surface area contributed by atoms with Gasteiger partial charge in [0.15, 0.2) is 0 Å². The Morgan fingerprint density at radius 1 is 0.815 bits per heavy atom. The van der Waals surface area contributed by atoms with Crippen molar-refractivity contribution in [3.8, 4) is 11.3 Å². The molecule has 0 fully saturated rings. The summed E-state index contributed by atoms with van der Waals surface area (Å²) >= 11 is 1.90. The summed E-state index contributed by atoms with van der Waals surface area (Å²) in [6.45, 7) is 9.60. The van der Waals surface area contributed by atoms with Crippen LogP contribution in [0, 0.1) is 0 Å². The topological polar surface area (TPSA) is 12.9 Å². The Bertz CT molecular complexity index is 1170. The van der Waals surface area contributed by atoms with Crippen molar-refractivity contribution in [3.63, 3.8) is 0 Å². The largest absolute Gasteiger partial charge is 0.256 e. The fraction of sp³-hybridized carbons (Fsp3) is 0.320. The zero-order chi connectivity index (χ0) is 18.8. The highest BCUT2D eigenvalue weighted by atomic mass is 32.1. The molecule has 0 amide bonds. The van der Waals surface area contributed by atoms with Crippen molar-refractivity contribution in [2.75, 3.05) is 0 Å². The fourth-order valence-corrected chi connectivity index (χ4v) is 5.72. The number of nitrogens with zero attached hydrogens (tertiary/aromatic N) is 1. The van der Waals surface area contributed by atoms with E-state index in [1.54, 1.807) is 0 Å². The Balaban J connectivity index is 1.88. The molecule has 2 aromatic heterocycles. The number of fused-ring (bicyclic) bond motifs is 4. The number of aromatic nitrogens is 1. The lowest BCUT2D eigenvalue weighted by Gasteiger charge is -2.41. The van der Waals surface area contributed by atoms with Crippen molar-refractivity contribution in [1.29, 1.82) is 0 Å². The van der Waals surface area contributed by atoms with Crippen molar-refractivity contribution in [3.05, 3.63) is 65.9 Å². The molecule has 0 saturated heterocycles. The van der Waals surface area contributed by atoms with Crippen molar-refractivity contribution in [2.45, 2.75) is 51.4 Å². The highest BCUT2D eigenvalue weighted by molar-refractivity contribution is 7.25. The van der Waals surface area contributed by atoms with Crippen LogP contribution >= 0.6 is 11.3 Å². The smallest absolute Gasteiger partial charge is 0.0795 e. The van der Waals surface area contributed by atoms with E-state index >= 15 is 0 Å². The van der Waals surface area contributed by atoms with Gasteiger partial charge in [-0.1, -0.05) is 58.0 Å². The van der Waals surface area contributed by atoms with E-state index < -0.39 is 0 Å². The monoisotopic (exact) mass is 371 g/mol. The molecular weight excluding hydrogens is 346 g/mol. The standard InChI is InChI=1S/C25H25NS/c1-24(2)11-12-25(3,4)19-15-21-17(14-18(19)24)22-20(27-21)10-13-26-23(22)16-8-6-5-7-9-16/h5-10,13-15H,11-12H2,1-4H3. The van der Waals surface area contributed by atoms with Crippen molar-refractivity contribution in [2.24, 2.45) is 0 Å². The van der Waals surface area contributed by atoms with Crippen LogP contribution in [0.4, 0.5) is 0 Å². The third-order valence-corrected chi connectivity index (χ3v) is 7.52. The Morgan fingerprint density at radius 2 is 1.48 bits per heavy atom. The van der Waals surface area contributed by atoms with Crippen molar-refractivity contribution >= 4 is 31.5 Å². The molecule has 0 saturated carbocycles. The lowest BCUT2D eigenvalue weighted by molar-refractivity contribution is 0.332. The summed E-state index contributed by atoms with van der Waals surface area (Å²) in [5.74, 6) is 0. The van der Waals surface area contributed by atoms with E-state index in [9.17, 15) is 0 Å². The molecule has 1 nitrogen and oxygen atoms in total. The lowest BCUT2D eigenvalue weighted by Crippen LogP contribution is -2.33. The van der Waals surface area contributed by atoms with E-state index in [-0.39, 0.29) is 10.8 Å². The summed E-state index contributed by atoms with van der Waals surface area (Å²) in [6, 6.07) is 17.7. The van der Waals surface area contributed by atoms with Crippen LogP contribution in [-0.2, 0) is 10.8 Å². The van der Waals surface area contributed by atoms with Crippen molar-refractivity contribution < 1.29 is 0 Å².